The summed E-state index contributed by atoms with van der Waals surface area (Å²) in [6.07, 6.45) is 0. The van der Waals surface area contributed by atoms with E-state index in [1.807, 2.05) is 4.90 Å². The van der Waals surface area contributed by atoms with E-state index < -0.39 is 11.9 Å². The topological polar surface area (TPSA) is 140 Å². The van der Waals surface area contributed by atoms with Crippen molar-refractivity contribution in [3.8, 4) is 0 Å². The number of carboxylic acids is 2. The third-order valence-corrected chi connectivity index (χ3v) is 4.27. The van der Waals surface area contributed by atoms with Crippen LogP contribution in [0.1, 0.15) is 0 Å². The van der Waals surface area contributed by atoms with Gasteiger partial charge in [0.2, 0.25) is 5.91 Å². The number of carboxylic acid groups (broad SMARTS) is 2. The molecule has 0 aromatic rings. The van der Waals surface area contributed by atoms with Gasteiger partial charge in [0, 0.05) is 52.4 Å². The van der Waals surface area contributed by atoms with Gasteiger partial charge in [0.15, 0.2) is 0 Å². The van der Waals surface area contributed by atoms with Gasteiger partial charge in [0.05, 0.1) is 19.6 Å². The molecule has 10 heteroatoms. The van der Waals surface area contributed by atoms with Gasteiger partial charge in [-0.15, -0.1) is 0 Å². The van der Waals surface area contributed by atoms with Crippen LogP contribution in [0.15, 0.2) is 0 Å². The van der Waals surface area contributed by atoms with Gasteiger partial charge in [-0.1, -0.05) is 0 Å². The predicted octanol–water partition coefficient (Wildman–Crippen LogP) is -1.92. The molecule has 138 valence electrons. The summed E-state index contributed by atoms with van der Waals surface area (Å²) in [4.78, 5) is 41.5. The summed E-state index contributed by atoms with van der Waals surface area (Å²) in [5, 5.41) is 18.0. The van der Waals surface area contributed by atoms with Gasteiger partial charge < -0.3 is 21.3 Å². The molecular formula is C14H27N5O5. The standard InChI is InChI=1S/C14H24N4O5.H3N/c19-12-9-15-1-2-16(10-13(20)21)3-4-17(11-14(22)23)6-8-18(12)7-5-15;/h1-11H2,(H,20,21)(H,22,23);1H3. The van der Waals surface area contributed by atoms with E-state index in [2.05, 4.69) is 0 Å². The molecule has 0 aliphatic carbocycles. The molecule has 0 saturated carbocycles. The van der Waals surface area contributed by atoms with Crippen LogP contribution in [-0.4, -0.2) is 120 Å². The highest BCUT2D eigenvalue weighted by Crippen LogP contribution is 2.06. The molecule has 2 bridgehead atoms. The second-order valence-electron chi connectivity index (χ2n) is 6.00. The van der Waals surface area contributed by atoms with E-state index >= 15 is 0 Å². The monoisotopic (exact) mass is 345 g/mol. The number of carbonyl (C=O) groups is 3. The van der Waals surface area contributed by atoms with Crippen LogP contribution in [0.4, 0.5) is 0 Å². The van der Waals surface area contributed by atoms with Crippen molar-refractivity contribution in [2.75, 3.05) is 72.0 Å². The SMILES string of the molecule is N.O=C(O)CN1CCN(CC(=O)O)CCN2CCN(CC1)CC2=O. The second kappa shape index (κ2) is 9.52. The van der Waals surface area contributed by atoms with Crippen LogP contribution in [0.2, 0.25) is 0 Å². The number of fused-ring (bicyclic) bond motifs is 9. The summed E-state index contributed by atoms with van der Waals surface area (Å²) in [7, 11) is 0. The van der Waals surface area contributed by atoms with E-state index in [0.29, 0.717) is 52.4 Å². The van der Waals surface area contributed by atoms with Crippen LogP contribution in [0, 0.1) is 0 Å². The Kier molecular flexibility index (Phi) is 8.05. The Labute approximate surface area is 141 Å². The van der Waals surface area contributed by atoms with Crippen molar-refractivity contribution >= 4 is 17.8 Å². The Morgan fingerprint density at radius 3 is 1.71 bits per heavy atom. The molecule has 10 nitrogen and oxygen atoms in total. The van der Waals surface area contributed by atoms with E-state index in [0.717, 1.165) is 6.54 Å². The fraction of sp³-hybridized carbons (Fsp3) is 0.786. The Balaban J connectivity index is 0.00000288. The summed E-state index contributed by atoms with van der Waals surface area (Å²) in [6, 6.07) is 0. The molecule has 5 N–H and O–H groups in total. The summed E-state index contributed by atoms with van der Waals surface area (Å²) in [6.45, 7) is 4.75. The molecule has 0 aromatic carbocycles. The van der Waals surface area contributed by atoms with Crippen molar-refractivity contribution in [3.05, 3.63) is 0 Å². The lowest BCUT2D eigenvalue weighted by atomic mass is 10.2. The van der Waals surface area contributed by atoms with Gasteiger partial charge in [0.1, 0.15) is 0 Å². The molecular weight excluding hydrogens is 318 g/mol. The van der Waals surface area contributed by atoms with Crippen molar-refractivity contribution in [1.29, 1.82) is 0 Å². The van der Waals surface area contributed by atoms with Crippen LogP contribution in [0.25, 0.3) is 0 Å². The lowest BCUT2D eigenvalue weighted by Gasteiger charge is -2.37. The van der Waals surface area contributed by atoms with E-state index in [1.165, 1.54) is 0 Å². The van der Waals surface area contributed by atoms with Crippen molar-refractivity contribution in [2.45, 2.75) is 0 Å². The molecule has 1 amide bonds. The minimum absolute atomic E-state index is 0. The Morgan fingerprint density at radius 2 is 1.21 bits per heavy atom. The Morgan fingerprint density at radius 1 is 0.792 bits per heavy atom. The number of amides is 1. The molecule has 0 aromatic heterocycles. The molecule has 0 spiro atoms. The van der Waals surface area contributed by atoms with E-state index in [1.54, 1.807) is 14.7 Å². The van der Waals surface area contributed by atoms with Gasteiger partial charge in [-0.05, 0) is 0 Å². The number of carbonyl (C=O) groups excluding carboxylic acids is 1. The first-order valence-corrected chi connectivity index (χ1v) is 7.82. The molecule has 3 saturated heterocycles. The van der Waals surface area contributed by atoms with Gasteiger partial charge >= 0.3 is 11.9 Å². The maximum Gasteiger partial charge on any atom is 0.317 e. The van der Waals surface area contributed by atoms with Crippen LogP contribution in [0.3, 0.4) is 0 Å². The van der Waals surface area contributed by atoms with E-state index in [9.17, 15) is 14.4 Å². The van der Waals surface area contributed by atoms with Crippen LogP contribution < -0.4 is 6.15 Å². The van der Waals surface area contributed by atoms with E-state index in [-0.39, 0.29) is 25.1 Å². The highest BCUT2D eigenvalue weighted by atomic mass is 16.4. The van der Waals surface area contributed by atoms with Crippen molar-refractivity contribution in [3.63, 3.8) is 0 Å². The van der Waals surface area contributed by atoms with Crippen LogP contribution in [0.5, 0.6) is 0 Å². The fourth-order valence-corrected chi connectivity index (χ4v) is 2.93. The summed E-state index contributed by atoms with van der Waals surface area (Å²) in [5.74, 6) is -1.77. The number of hydrogen-bond acceptors (Lipinski definition) is 7. The maximum absolute atomic E-state index is 12.1. The van der Waals surface area contributed by atoms with Gasteiger partial charge in [-0.2, -0.15) is 0 Å². The summed E-state index contributed by atoms with van der Waals surface area (Å²) < 4.78 is 0. The third-order valence-electron chi connectivity index (χ3n) is 4.27. The van der Waals surface area contributed by atoms with Crippen LogP contribution in [-0.2, 0) is 14.4 Å². The molecule has 3 heterocycles. The fourth-order valence-electron chi connectivity index (χ4n) is 2.93. The Bertz CT molecular complexity index is 461. The second-order valence-corrected chi connectivity index (χ2v) is 6.00. The smallest absolute Gasteiger partial charge is 0.317 e. The zero-order valence-electron chi connectivity index (χ0n) is 13.9. The molecule has 1 unspecified atom stereocenters. The van der Waals surface area contributed by atoms with Crippen LogP contribution >= 0.6 is 0 Å². The average Bonchev–Trinajstić information content (AvgIpc) is 2.46. The third kappa shape index (κ3) is 6.40. The zero-order chi connectivity index (χ0) is 16.8. The van der Waals surface area contributed by atoms with Gasteiger partial charge in [-0.3, -0.25) is 29.1 Å². The number of nitrogens with zero attached hydrogens (tertiary/aromatic N) is 4. The molecule has 3 rings (SSSR count). The molecule has 3 aliphatic rings. The first-order chi connectivity index (χ1) is 10.9. The van der Waals surface area contributed by atoms with E-state index in [4.69, 9.17) is 10.2 Å². The van der Waals surface area contributed by atoms with Crippen molar-refractivity contribution in [1.82, 2.24) is 25.8 Å². The quantitative estimate of drug-likeness (QED) is 0.532. The summed E-state index contributed by atoms with van der Waals surface area (Å²) in [5.41, 5.74) is 0. The molecule has 0 radical (unpaired) electrons. The maximum atomic E-state index is 12.1. The molecule has 3 aliphatic heterocycles. The average molecular weight is 345 g/mol. The summed E-state index contributed by atoms with van der Waals surface area (Å²) >= 11 is 0. The first kappa shape index (κ1) is 20.3. The number of piperazine rings is 1. The van der Waals surface area contributed by atoms with Crippen molar-refractivity contribution < 1.29 is 24.6 Å². The van der Waals surface area contributed by atoms with Gasteiger partial charge in [-0.25, -0.2) is 0 Å². The number of rotatable bonds is 4. The molecule has 24 heavy (non-hydrogen) atoms. The molecule has 1 atom stereocenters. The lowest BCUT2D eigenvalue weighted by Crippen LogP contribution is -2.55. The number of aliphatic carboxylic acids is 2. The number of hydrogen-bond donors (Lipinski definition) is 3. The first-order valence-electron chi connectivity index (χ1n) is 7.82. The lowest BCUT2D eigenvalue weighted by molar-refractivity contribution is -0.141. The minimum atomic E-state index is -0.918. The normalized spacial score (nSPS) is 23.9. The Hall–Kier alpha value is -1.75. The zero-order valence-corrected chi connectivity index (χ0v) is 13.9. The highest BCUT2D eigenvalue weighted by molar-refractivity contribution is 5.79. The highest BCUT2D eigenvalue weighted by Gasteiger charge is 2.26. The largest absolute Gasteiger partial charge is 0.480 e. The van der Waals surface area contributed by atoms with Gasteiger partial charge in [0.25, 0.3) is 0 Å². The molecule has 3 fully saturated rings. The minimum Gasteiger partial charge on any atom is -0.480 e. The predicted molar refractivity (Wildman–Crippen MR) is 86.2 cm³/mol. The van der Waals surface area contributed by atoms with Crippen molar-refractivity contribution in [2.24, 2.45) is 0 Å².